The standard InChI is InChI=1S/C30H28N2O9S/c1-15-7-8-23-18(9-15)31-30(42-23)32-24(33)14-40-29-26(34)25-19(36-3)12-17(35-2)13-20(25)41-27(29)16-10-21(37-4)28(39-6)22(11-16)38-5/h7-13H,14H2,1-6H3,(H,31,32,33). The van der Waals surface area contributed by atoms with Crippen molar-refractivity contribution >= 4 is 43.6 Å². The molecule has 0 radical (unpaired) electrons. The highest BCUT2D eigenvalue weighted by Crippen LogP contribution is 2.44. The van der Waals surface area contributed by atoms with Gasteiger partial charge >= 0.3 is 0 Å². The van der Waals surface area contributed by atoms with Crippen LogP contribution in [0.15, 0.2) is 51.7 Å². The summed E-state index contributed by atoms with van der Waals surface area (Å²) in [6, 6.07) is 12.2. The number of rotatable bonds is 10. The summed E-state index contributed by atoms with van der Waals surface area (Å²) in [6.45, 7) is 1.47. The molecule has 2 aromatic heterocycles. The SMILES string of the molecule is COc1cc(OC)c2c(=O)c(OCC(=O)Nc3nc4cc(C)ccc4s3)c(-c3cc(OC)c(OC)c(OC)c3)oc2c1. The zero-order valence-corrected chi connectivity index (χ0v) is 24.6. The molecule has 0 unspecified atom stereocenters. The Balaban J connectivity index is 1.59. The first-order valence-electron chi connectivity index (χ1n) is 12.6. The minimum atomic E-state index is -0.553. The van der Waals surface area contributed by atoms with Gasteiger partial charge in [-0.1, -0.05) is 17.4 Å². The van der Waals surface area contributed by atoms with Crippen molar-refractivity contribution in [3.63, 3.8) is 0 Å². The van der Waals surface area contributed by atoms with Crippen molar-refractivity contribution in [2.45, 2.75) is 6.92 Å². The molecule has 2 heterocycles. The first kappa shape index (κ1) is 28.6. The number of carbonyl (C=O) groups is 1. The van der Waals surface area contributed by atoms with E-state index in [0.717, 1.165) is 15.8 Å². The number of carbonyl (C=O) groups excluding carboxylic acids is 1. The van der Waals surface area contributed by atoms with Crippen LogP contribution in [-0.2, 0) is 4.79 Å². The largest absolute Gasteiger partial charge is 0.496 e. The average molecular weight is 593 g/mol. The molecule has 0 saturated carbocycles. The number of benzene rings is 3. The Hall–Kier alpha value is -4.97. The maximum atomic E-state index is 13.9. The van der Waals surface area contributed by atoms with Crippen molar-refractivity contribution < 1.29 is 37.6 Å². The summed E-state index contributed by atoms with van der Waals surface area (Å²) in [6.07, 6.45) is 0. The van der Waals surface area contributed by atoms with Crippen LogP contribution < -0.4 is 39.2 Å². The van der Waals surface area contributed by atoms with Crippen LogP contribution in [0.5, 0.6) is 34.5 Å². The minimum absolute atomic E-state index is 0.0327. The van der Waals surface area contributed by atoms with Gasteiger partial charge in [0.25, 0.3) is 5.91 Å². The quantitative estimate of drug-likeness (QED) is 0.224. The Labute approximate surface area is 244 Å². The molecule has 3 aromatic carbocycles. The summed E-state index contributed by atoms with van der Waals surface area (Å²) in [5.74, 6) is 0.942. The average Bonchev–Trinajstić information content (AvgIpc) is 3.39. The third-order valence-electron chi connectivity index (χ3n) is 6.41. The van der Waals surface area contributed by atoms with Crippen LogP contribution in [0.3, 0.4) is 0 Å². The number of anilines is 1. The molecule has 1 amide bonds. The van der Waals surface area contributed by atoms with E-state index in [4.69, 9.17) is 32.8 Å². The van der Waals surface area contributed by atoms with Crippen molar-refractivity contribution in [1.82, 2.24) is 4.98 Å². The van der Waals surface area contributed by atoms with Crippen LogP contribution >= 0.6 is 11.3 Å². The van der Waals surface area contributed by atoms with Crippen LogP contribution in [0, 0.1) is 6.92 Å². The first-order chi connectivity index (χ1) is 20.3. The monoisotopic (exact) mass is 592 g/mol. The maximum Gasteiger partial charge on any atom is 0.264 e. The number of amides is 1. The number of fused-ring (bicyclic) bond motifs is 2. The Morgan fingerprint density at radius 1 is 0.881 bits per heavy atom. The van der Waals surface area contributed by atoms with Crippen molar-refractivity contribution in [1.29, 1.82) is 0 Å². The van der Waals surface area contributed by atoms with E-state index in [1.165, 1.54) is 46.9 Å². The molecular formula is C30H28N2O9S. The summed E-state index contributed by atoms with van der Waals surface area (Å²) >= 11 is 1.33. The summed E-state index contributed by atoms with van der Waals surface area (Å²) in [4.78, 5) is 31.3. The Morgan fingerprint density at radius 2 is 1.60 bits per heavy atom. The minimum Gasteiger partial charge on any atom is -0.496 e. The van der Waals surface area contributed by atoms with E-state index < -0.39 is 17.9 Å². The van der Waals surface area contributed by atoms with E-state index in [1.54, 1.807) is 24.3 Å². The van der Waals surface area contributed by atoms with Gasteiger partial charge in [0, 0.05) is 17.7 Å². The number of aryl methyl sites for hydroxylation is 1. The number of aromatic nitrogens is 1. The highest BCUT2D eigenvalue weighted by molar-refractivity contribution is 7.22. The number of nitrogens with one attached hydrogen (secondary N) is 1. The van der Waals surface area contributed by atoms with Gasteiger partial charge in [0.2, 0.25) is 16.9 Å². The molecule has 0 atom stereocenters. The molecule has 5 rings (SSSR count). The third-order valence-corrected chi connectivity index (χ3v) is 7.36. The first-order valence-corrected chi connectivity index (χ1v) is 13.4. The van der Waals surface area contributed by atoms with Gasteiger partial charge in [-0.05, 0) is 36.8 Å². The number of thiazole rings is 1. The molecule has 0 bridgehead atoms. The molecule has 42 heavy (non-hydrogen) atoms. The summed E-state index contributed by atoms with van der Waals surface area (Å²) in [5, 5.41) is 3.27. The highest BCUT2D eigenvalue weighted by Gasteiger charge is 2.25. The second-order valence-corrected chi connectivity index (χ2v) is 10.1. The van der Waals surface area contributed by atoms with Crippen LogP contribution in [0.25, 0.3) is 32.5 Å². The zero-order valence-electron chi connectivity index (χ0n) is 23.8. The second-order valence-electron chi connectivity index (χ2n) is 9.03. The van der Waals surface area contributed by atoms with E-state index in [-0.39, 0.29) is 28.2 Å². The fourth-order valence-electron chi connectivity index (χ4n) is 4.44. The van der Waals surface area contributed by atoms with Crippen LogP contribution in [0.2, 0.25) is 0 Å². The fraction of sp³-hybridized carbons (Fsp3) is 0.233. The zero-order chi connectivity index (χ0) is 30.0. The van der Waals surface area contributed by atoms with E-state index >= 15 is 0 Å². The smallest absolute Gasteiger partial charge is 0.264 e. The lowest BCUT2D eigenvalue weighted by atomic mass is 10.1. The second kappa shape index (κ2) is 11.9. The van der Waals surface area contributed by atoms with Gasteiger partial charge in [-0.2, -0.15) is 0 Å². The normalized spacial score (nSPS) is 10.9. The van der Waals surface area contributed by atoms with Crippen LogP contribution in [0.1, 0.15) is 5.56 Å². The number of ether oxygens (including phenoxy) is 6. The Morgan fingerprint density at radius 3 is 2.24 bits per heavy atom. The predicted molar refractivity (Wildman–Crippen MR) is 159 cm³/mol. The molecule has 1 N–H and O–H groups in total. The van der Waals surface area contributed by atoms with Crippen LogP contribution in [0.4, 0.5) is 5.13 Å². The molecule has 0 aliphatic rings. The lowest BCUT2D eigenvalue weighted by Gasteiger charge is -2.16. The predicted octanol–water partition coefficient (Wildman–Crippen LogP) is 5.44. The summed E-state index contributed by atoms with van der Waals surface area (Å²) < 4.78 is 40.3. The molecule has 0 aliphatic heterocycles. The molecule has 0 spiro atoms. The molecule has 12 heteroatoms. The summed E-state index contributed by atoms with van der Waals surface area (Å²) in [7, 11) is 7.33. The van der Waals surface area contributed by atoms with Gasteiger partial charge in [0.15, 0.2) is 29.0 Å². The molecule has 0 aliphatic carbocycles. The van der Waals surface area contributed by atoms with E-state index in [1.807, 2.05) is 25.1 Å². The van der Waals surface area contributed by atoms with Crippen LogP contribution in [-0.4, -0.2) is 53.0 Å². The topological polar surface area (TPSA) is 128 Å². The van der Waals surface area contributed by atoms with Crippen molar-refractivity contribution in [2.75, 3.05) is 47.5 Å². The highest BCUT2D eigenvalue weighted by atomic mass is 32.1. The Kier molecular flexibility index (Phi) is 8.07. The van der Waals surface area contributed by atoms with Gasteiger partial charge in [-0.15, -0.1) is 0 Å². The lowest BCUT2D eigenvalue weighted by Crippen LogP contribution is -2.22. The van der Waals surface area contributed by atoms with Crippen molar-refractivity contribution in [3.05, 3.63) is 58.3 Å². The molecular weight excluding hydrogens is 564 g/mol. The summed E-state index contributed by atoms with van der Waals surface area (Å²) in [5.41, 5.74) is 1.84. The molecule has 5 aromatic rings. The number of hydrogen-bond donors (Lipinski definition) is 1. The Bertz CT molecular complexity index is 1840. The van der Waals surface area contributed by atoms with Gasteiger partial charge in [-0.25, -0.2) is 4.98 Å². The molecule has 0 fully saturated rings. The van der Waals surface area contributed by atoms with E-state index in [2.05, 4.69) is 10.3 Å². The molecule has 11 nitrogen and oxygen atoms in total. The third kappa shape index (κ3) is 5.36. The number of hydrogen-bond acceptors (Lipinski definition) is 11. The van der Waals surface area contributed by atoms with Gasteiger partial charge in [-0.3, -0.25) is 14.9 Å². The molecule has 0 saturated heterocycles. The lowest BCUT2D eigenvalue weighted by molar-refractivity contribution is -0.118. The number of methoxy groups -OCH3 is 5. The van der Waals surface area contributed by atoms with E-state index in [0.29, 0.717) is 33.7 Å². The van der Waals surface area contributed by atoms with E-state index in [9.17, 15) is 9.59 Å². The van der Waals surface area contributed by atoms with Crippen molar-refractivity contribution in [2.24, 2.45) is 0 Å². The maximum absolute atomic E-state index is 13.9. The van der Waals surface area contributed by atoms with Gasteiger partial charge in [0.1, 0.15) is 22.5 Å². The van der Waals surface area contributed by atoms with Gasteiger partial charge < -0.3 is 32.8 Å². The van der Waals surface area contributed by atoms with Gasteiger partial charge in [0.05, 0.1) is 45.8 Å². The van der Waals surface area contributed by atoms with Crippen molar-refractivity contribution in [3.8, 4) is 45.8 Å². The fourth-order valence-corrected chi connectivity index (χ4v) is 5.30. The number of nitrogens with zero attached hydrogens (tertiary/aromatic N) is 1. The molecule has 218 valence electrons.